The molecule has 1 aliphatic rings. The number of nitrogens with zero attached hydrogens (tertiary/aromatic N) is 2. The molecule has 59 heavy (non-hydrogen) atoms. The molecular weight excluding hydrogens is 809 g/mol. The fourth-order valence-electron chi connectivity index (χ4n) is 7.08. The van der Waals surface area contributed by atoms with Crippen molar-refractivity contribution < 1.29 is 47.0 Å². The van der Waals surface area contributed by atoms with Gasteiger partial charge in [-0.25, -0.2) is 18.4 Å². The Kier molecular flexibility index (Phi) is 14.3. The Balaban J connectivity index is 1.39. The van der Waals surface area contributed by atoms with Gasteiger partial charge in [-0.1, -0.05) is 92.5 Å². The molecule has 2 amide bonds. The minimum absolute atomic E-state index is 0.00936. The van der Waals surface area contributed by atoms with Crippen LogP contribution in [0.1, 0.15) is 67.1 Å². The first-order valence-electron chi connectivity index (χ1n) is 18.4. The van der Waals surface area contributed by atoms with Gasteiger partial charge in [0.25, 0.3) is 0 Å². The molecule has 1 fully saturated rings. The molecule has 310 valence electrons. The maximum Gasteiger partial charge on any atom is 0.437 e. The molecule has 5 rings (SSSR count). The number of hydrogen-bond acceptors (Lipinski definition) is 10. The number of amides is 2. The Morgan fingerprint density at radius 2 is 1.75 bits per heavy atom. The van der Waals surface area contributed by atoms with Crippen LogP contribution in [0.15, 0.2) is 84.9 Å². The Morgan fingerprint density at radius 1 is 1.02 bits per heavy atom. The number of methoxy groups -OCH3 is 1. The molecule has 16 heteroatoms. The van der Waals surface area contributed by atoms with E-state index in [-0.39, 0.29) is 51.2 Å². The lowest BCUT2D eigenvalue weighted by Crippen LogP contribution is -2.45. The number of carbonyl (C=O) groups excluding carboxylic acids is 4. The second-order valence-electron chi connectivity index (χ2n) is 15.0. The number of halogens is 4. The zero-order valence-corrected chi connectivity index (χ0v) is 34.3. The molecule has 0 aromatic heterocycles. The van der Waals surface area contributed by atoms with E-state index in [9.17, 15) is 24.4 Å². The summed E-state index contributed by atoms with van der Waals surface area (Å²) in [7, 11) is 1.29. The predicted octanol–water partition coefficient (Wildman–Crippen LogP) is 8.51. The number of hydroxylamine groups is 2. The van der Waals surface area contributed by atoms with Crippen LogP contribution in [0, 0.1) is 28.4 Å². The second-order valence-corrected chi connectivity index (χ2v) is 15.9. The highest BCUT2D eigenvalue weighted by atomic mass is 35.5. The van der Waals surface area contributed by atoms with Crippen molar-refractivity contribution in [2.24, 2.45) is 5.41 Å². The van der Waals surface area contributed by atoms with Gasteiger partial charge in [-0.05, 0) is 66.3 Å². The fraction of sp³-hybridized carbons (Fsp3) is 0.326. The highest BCUT2D eigenvalue weighted by Crippen LogP contribution is 2.53. The average Bonchev–Trinajstić information content (AvgIpc) is 3.52. The third-order valence-corrected chi connectivity index (χ3v) is 10.3. The van der Waals surface area contributed by atoms with Gasteiger partial charge in [-0.15, -0.1) is 0 Å². The summed E-state index contributed by atoms with van der Waals surface area (Å²) in [5, 5.41) is 17.7. The summed E-state index contributed by atoms with van der Waals surface area (Å²) in [5.74, 6) is -4.67. The van der Waals surface area contributed by atoms with Crippen LogP contribution < -0.4 is 15.4 Å². The summed E-state index contributed by atoms with van der Waals surface area (Å²) in [5.41, 5.74) is -1.72. The van der Waals surface area contributed by atoms with Crippen LogP contribution in [0.5, 0.6) is 5.75 Å². The molecule has 1 heterocycles. The van der Waals surface area contributed by atoms with E-state index in [1.165, 1.54) is 62.6 Å². The lowest BCUT2D eigenvalue weighted by Gasteiger charge is -2.37. The average molecular weight is 852 g/mol. The van der Waals surface area contributed by atoms with Gasteiger partial charge >= 0.3 is 12.1 Å². The molecule has 0 unspecified atom stereocenters. The van der Waals surface area contributed by atoms with Crippen molar-refractivity contribution in [1.29, 1.82) is 5.26 Å². The van der Waals surface area contributed by atoms with E-state index in [1.54, 1.807) is 24.3 Å². The highest BCUT2D eigenvalue weighted by molar-refractivity contribution is 6.31. The van der Waals surface area contributed by atoms with Gasteiger partial charge < -0.3 is 29.6 Å². The summed E-state index contributed by atoms with van der Waals surface area (Å²) in [6.45, 7) is 6.30. The number of nitrogens with one attached hydrogen (secondary N) is 2. The minimum atomic E-state index is -1.85. The molecule has 0 spiro atoms. The molecule has 12 nitrogen and oxygen atoms in total. The van der Waals surface area contributed by atoms with E-state index in [4.69, 9.17) is 42.3 Å². The molecule has 4 aromatic rings. The third kappa shape index (κ3) is 10.00. The number of esters is 1. The summed E-state index contributed by atoms with van der Waals surface area (Å²) < 4.78 is 47.7. The van der Waals surface area contributed by atoms with Crippen LogP contribution in [0.3, 0.4) is 0 Å². The van der Waals surface area contributed by atoms with Crippen LogP contribution in [0.2, 0.25) is 10.0 Å². The number of aldehydes is 1. The monoisotopic (exact) mass is 850 g/mol. The highest BCUT2D eigenvalue weighted by Gasteiger charge is 2.61. The van der Waals surface area contributed by atoms with Crippen LogP contribution in [-0.4, -0.2) is 61.3 Å². The van der Waals surface area contributed by atoms with E-state index in [2.05, 4.69) is 16.7 Å². The smallest absolute Gasteiger partial charge is 0.437 e. The van der Waals surface area contributed by atoms with Crippen molar-refractivity contribution >= 4 is 53.1 Å². The Hall–Kier alpha value is -5.59. The van der Waals surface area contributed by atoms with Crippen molar-refractivity contribution in [2.45, 2.75) is 70.2 Å². The van der Waals surface area contributed by atoms with E-state index in [1.807, 2.05) is 26.8 Å². The number of benzene rings is 4. The number of anilines is 1. The van der Waals surface area contributed by atoms with Crippen LogP contribution in [0.25, 0.3) is 0 Å². The van der Waals surface area contributed by atoms with E-state index < -0.39 is 71.3 Å². The number of nitriles is 1. The number of ether oxygens (including phenoxy) is 3. The van der Waals surface area contributed by atoms with Gasteiger partial charge in [0.1, 0.15) is 41.7 Å². The lowest BCUT2D eigenvalue weighted by molar-refractivity contribution is -0.174. The van der Waals surface area contributed by atoms with Crippen molar-refractivity contribution in [3.8, 4) is 11.8 Å². The molecule has 0 bridgehead atoms. The van der Waals surface area contributed by atoms with Crippen molar-refractivity contribution in [3.63, 3.8) is 0 Å². The first kappa shape index (κ1) is 44.5. The van der Waals surface area contributed by atoms with Gasteiger partial charge in [0.2, 0.25) is 12.7 Å². The van der Waals surface area contributed by atoms with Gasteiger partial charge in [0.15, 0.2) is 0 Å². The lowest BCUT2D eigenvalue weighted by atomic mass is 9.62. The number of rotatable bonds is 14. The van der Waals surface area contributed by atoms with Crippen molar-refractivity contribution in [2.75, 3.05) is 19.2 Å². The minimum Gasteiger partial charge on any atom is -0.495 e. The molecule has 0 aliphatic carbocycles. The van der Waals surface area contributed by atoms with Gasteiger partial charge in [0, 0.05) is 22.5 Å². The molecule has 5 atom stereocenters. The van der Waals surface area contributed by atoms with Crippen LogP contribution in [-0.2, 0) is 35.9 Å². The zero-order valence-electron chi connectivity index (χ0n) is 32.8. The van der Waals surface area contributed by atoms with Gasteiger partial charge in [-0.3, -0.25) is 9.63 Å². The molecule has 0 saturated carbocycles. The first-order valence-corrected chi connectivity index (χ1v) is 19.1. The largest absolute Gasteiger partial charge is 0.495 e. The van der Waals surface area contributed by atoms with E-state index in [0.29, 0.717) is 6.29 Å². The second kappa shape index (κ2) is 19.0. The fourth-order valence-corrected chi connectivity index (χ4v) is 7.42. The summed E-state index contributed by atoms with van der Waals surface area (Å²) >= 11 is 12.4. The third-order valence-electron chi connectivity index (χ3n) is 9.76. The Bertz CT molecular complexity index is 2240. The van der Waals surface area contributed by atoms with E-state index in [0.717, 1.165) is 16.7 Å². The number of hydrogen-bond donors (Lipinski definition) is 2. The van der Waals surface area contributed by atoms with Gasteiger partial charge in [0.05, 0.1) is 35.5 Å². The van der Waals surface area contributed by atoms with Crippen LogP contribution >= 0.6 is 23.2 Å². The maximum atomic E-state index is 16.1. The quantitative estimate of drug-likeness (QED) is 0.0546. The molecule has 1 saturated heterocycles. The topological polar surface area (TPSA) is 156 Å². The molecule has 4 aromatic carbocycles. The Morgan fingerprint density at radius 3 is 2.39 bits per heavy atom. The molecular formula is C43H42Cl2F2N4O8. The first-order chi connectivity index (χ1) is 28.0. The standard InChI is InChI=1S/C43H42Cl2F2N4O8/c1-25(21-52)51(59-22-26-10-7-6-8-11-26)41(55)58-24-57-40(54)27-14-17-33(34(18-27)56-5)49-39(53)38-36(29-12-9-13-31(45)37(29)47)43(23-48,35(50-38)20-42(2,3)4)30-16-15-28(44)19-32(30)46/h6-19,21,25,35-36,38,50H,20,22,24H2,1-5H3,(H,49,53)/t25-,35-,36-,38+,43-/m0/s1. The SMILES string of the molecule is COc1cc(C(=O)OCOC(=O)N(OCc2ccccc2)[C@@H](C)C=O)ccc1NC(=O)[C@@H]1N[C@@H](CC(C)(C)C)[C@](C#N)(c2ccc(Cl)cc2F)[C@H]1c1cccc(Cl)c1F. The van der Waals surface area contributed by atoms with Crippen molar-refractivity contribution in [1.82, 2.24) is 10.4 Å². The summed E-state index contributed by atoms with van der Waals surface area (Å²) in [6, 6.07) is 20.0. The molecule has 1 aliphatic heterocycles. The summed E-state index contributed by atoms with van der Waals surface area (Å²) in [4.78, 5) is 57.1. The maximum absolute atomic E-state index is 16.1. The molecule has 2 N–H and O–H groups in total. The van der Waals surface area contributed by atoms with Crippen LogP contribution in [0.4, 0.5) is 19.3 Å². The molecule has 0 radical (unpaired) electrons. The van der Waals surface area contributed by atoms with Gasteiger partial charge in [-0.2, -0.15) is 10.3 Å². The van der Waals surface area contributed by atoms with E-state index >= 15 is 8.78 Å². The normalized spacial score (nSPS) is 19.2. The van der Waals surface area contributed by atoms with Crippen molar-refractivity contribution in [3.05, 3.63) is 129 Å². The zero-order chi connectivity index (χ0) is 43.1. The predicted molar refractivity (Wildman–Crippen MR) is 215 cm³/mol. The number of carbonyl (C=O) groups is 4. The Labute approximate surface area is 350 Å². The summed E-state index contributed by atoms with van der Waals surface area (Å²) in [6.07, 6.45) is -0.341.